The van der Waals surface area contributed by atoms with Crippen LogP contribution in [0.1, 0.15) is 27.2 Å². The molecule has 0 fully saturated rings. The maximum Gasteiger partial charge on any atom is 0.237 e. The predicted octanol–water partition coefficient (Wildman–Crippen LogP) is 1.31. The minimum Gasteiger partial charge on any atom is -0.355 e. The summed E-state index contributed by atoms with van der Waals surface area (Å²) >= 11 is 0. The number of hydrogen-bond donors (Lipinski definition) is 1. The zero-order valence-electron chi connectivity index (χ0n) is 7.92. The molecule has 0 aromatic heterocycles. The zero-order chi connectivity index (χ0) is 9.56. The first-order valence-electron chi connectivity index (χ1n) is 4.30. The van der Waals surface area contributed by atoms with E-state index in [1.54, 1.807) is 0 Å². The van der Waals surface area contributed by atoms with Gasteiger partial charge in [-0.25, -0.2) is 0 Å². The lowest BCUT2D eigenvalue weighted by Crippen LogP contribution is -2.33. The van der Waals surface area contributed by atoms with Gasteiger partial charge in [0.1, 0.15) is 5.92 Å². The first kappa shape index (κ1) is 11.0. The summed E-state index contributed by atoms with van der Waals surface area (Å²) in [4.78, 5) is 11.2. The molecule has 0 rings (SSSR count). The van der Waals surface area contributed by atoms with E-state index in [1.165, 1.54) is 0 Å². The molecule has 0 heterocycles. The Morgan fingerprint density at radius 2 is 2.17 bits per heavy atom. The summed E-state index contributed by atoms with van der Waals surface area (Å²) in [5.74, 6) is -0.558. The molecule has 0 spiro atoms. The van der Waals surface area contributed by atoms with Crippen LogP contribution in [-0.4, -0.2) is 12.5 Å². The minimum absolute atomic E-state index is 0.0897. The van der Waals surface area contributed by atoms with Gasteiger partial charge < -0.3 is 5.32 Å². The molecule has 0 aromatic rings. The molecule has 1 atom stereocenters. The van der Waals surface area contributed by atoms with Crippen LogP contribution in [0.2, 0.25) is 0 Å². The van der Waals surface area contributed by atoms with Gasteiger partial charge in [0.05, 0.1) is 6.07 Å². The van der Waals surface area contributed by atoms with Gasteiger partial charge in [-0.15, -0.1) is 0 Å². The van der Waals surface area contributed by atoms with E-state index >= 15 is 0 Å². The molecular formula is C9H16N2O. The molecule has 3 heteroatoms. The summed E-state index contributed by atoms with van der Waals surface area (Å²) < 4.78 is 0. The summed E-state index contributed by atoms with van der Waals surface area (Å²) in [5, 5.41) is 11.4. The smallest absolute Gasteiger partial charge is 0.237 e. The second kappa shape index (κ2) is 5.59. The van der Waals surface area contributed by atoms with Crippen molar-refractivity contribution in [3.8, 4) is 6.07 Å². The second-order valence-corrected chi connectivity index (χ2v) is 3.14. The number of carbonyl (C=O) groups excluding carboxylic acids is 1. The highest BCUT2D eigenvalue weighted by atomic mass is 16.1. The van der Waals surface area contributed by atoms with Crippen molar-refractivity contribution in [2.75, 3.05) is 6.54 Å². The molecule has 0 radical (unpaired) electrons. The monoisotopic (exact) mass is 168 g/mol. The van der Waals surface area contributed by atoms with Crippen LogP contribution in [0.25, 0.3) is 0 Å². The molecule has 0 aliphatic heterocycles. The zero-order valence-corrected chi connectivity index (χ0v) is 7.92. The summed E-state index contributed by atoms with van der Waals surface area (Å²) in [6.45, 7) is 6.39. The highest BCUT2D eigenvalue weighted by Crippen LogP contribution is 2.08. The van der Waals surface area contributed by atoms with Crippen molar-refractivity contribution in [2.24, 2.45) is 11.8 Å². The third-order valence-electron chi connectivity index (χ3n) is 1.64. The summed E-state index contributed by atoms with van der Waals surface area (Å²) in [7, 11) is 0. The van der Waals surface area contributed by atoms with Gasteiger partial charge in [0.25, 0.3) is 0 Å². The number of nitriles is 1. The van der Waals surface area contributed by atoms with Crippen LogP contribution in [-0.2, 0) is 4.79 Å². The molecule has 12 heavy (non-hydrogen) atoms. The van der Waals surface area contributed by atoms with Gasteiger partial charge in [0.15, 0.2) is 0 Å². The van der Waals surface area contributed by atoms with Crippen molar-refractivity contribution in [1.29, 1.82) is 5.26 Å². The third kappa shape index (κ3) is 3.38. The standard InChI is InChI=1S/C9H16N2O/c1-4-5-11-9(12)8(6-10)7(2)3/h7-8H,4-5H2,1-3H3,(H,11,12). The summed E-state index contributed by atoms with van der Waals surface area (Å²) in [6.07, 6.45) is 0.905. The lowest BCUT2D eigenvalue weighted by molar-refractivity contribution is -0.124. The summed E-state index contributed by atoms with van der Waals surface area (Å²) in [6, 6.07) is 2.00. The Morgan fingerprint density at radius 1 is 1.58 bits per heavy atom. The fourth-order valence-electron chi connectivity index (χ4n) is 0.869. The number of carbonyl (C=O) groups is 1. The summed E-state index contributed by atoms with van der Waals surface area (Å²) in [5.41, 5.74) is 0. The van der Waals surface area contributed by atoms with Crippen LogP contribution in [0.4, 0.5) is 0 Å². The third-order valence-corrected chi connectivity index (χ3v) is 1.64. The Labute approximate surface area is 73.8 Å². The first-order valence-corrected chi connectivity index (χ1v) is 4.30. The fourth-order valence-corrected chi connectivity index (χ4v) is 0.869. The molecule has 0 bridgehead atoms. The molecule has 3 nitrogen and oxygen atoms in total. The van der Waals surface area contributed by atoms with Gasteiger partial charge in [0.2, 0.25) is 5.91 Å². The van der Waals surface area contributed by atoms with E-state index in [9.17, 15) is 4.79 Å². The highest BCUT2D eigenvalue weighted by Gasteiger charge is 2.20. The van der Waals surface area contributed by atoms with E-state index in [4.69, 9.17) is 5.26 Å². The predicted molar refractivity (Wildman–Crippen MR) is 47.2 cm³/mol. The quantitative estimate of drug-likeness (QED) is 0.688. The Kier molecular flexibility index (Phi) is 5.11. The van der Waals surface area contributed by atoms with Crippen LogP contribution >= 0.6 is 0 Å². The average Bonchev–Trinajstić information content (AvgIpc) is 2.01. The molecule has 0 saturated heterocycles. The van der Waals surface area contributed by atoms with Gasteiger partial charge in [0, 0.05) is 6.54 Å². The van der Waals surface area contributed by atoms with Gasteiger partial charge in [-0.05, 0) is 12.3 Å². The molecule has 0 saturated carbocycles. The average molecular weight is 168 g/mol. The van der Waals surface area contributed by atoms with Crippen molar-refractivity contribution in [1.82, 2.24) is 5.32 Å². The van der Waals surface area contributed by atoms with Crippen LogP contribution in [0.5, 0.6) is 0 Å². The van der Waals surface area contributed by atoms with Crippen LogP contribution in [0.3, 0.4) is 0 Å². The Morgan fingerprint density at radius 3 is 2.50 bits per heavy atom. The molecule has 68 valence electrons. The maximum atomic E-state index is 11.2. The van der Waals surface area contributed by atoms with Crippen molar-refractivity contribution < 1.29 is 4.79 Å². The SMILES string of the molecule is CCCNC(=O)C(C#N)C(C)C. The highest BCUT2D eigenvalue weighted by molar-refractivity contribution is 5.81. The molecule has 1 unspecified atom stereocenters. The lowest BCUT2D eigenvalue weighted by Gasteiger charge is -2.11. The second-order valence-electron chi connectivity index (χ2n) is 3.14. The topological polar surface area (TPSA) is 52.9 Å². The van der Waals surface area contributed by atoms with E-state index < -0.39 is 5.92 Å². The van der Waals surface area contributed by atoms with E-state index in [0.717, 1.165) is 6.42 Å². The van der Waals surface area contributed by atoms with Crippen molar-refractivity contribution >= 4 is 5.91 Å². The van der Waals surface area contributed by atoms with E-state index in [1.807, 2.05) is 26.8 Å². The number of amides is 1. The number of hydrogen-bond acceptors (Lipinski definition) is 2. The fraction of sp³-hybridized carbons (Fsp3) is 0.778. The molecule has 1 amide bonds. The van der Waals surface area contributed by atoms with E-state index in [2.05, 4.69) is 5.32 Å². The number of rotatable bonds is 4. The van der Waals surface area contributed by atoms with Crippen molar-refractivity contribution in [2.45, 2.75) is 27.2 Å². The Hall–Kier alpha value is -1.04. The Bertz CT molecular complexity index is 181. The van der Waals surface area contributed by atoms with E-state index in [0.29, 0.717) is 6.54 Å². The van der Waals surface area contributed by atoms with E-state index in [-0.39, 0.29) is 11.8 Å². The van der Waals surface area contributed by atoms with Gasteiger partial charge >= 0.3 is 0 Å². The molecule has 0 aromatic carbocycles. The number of nitrogens with one attached hydrogen (secondary N) is 1. The Balaban J connectivity index is 3.97. The minimum atomic E-state index is -0.503. The molecule has 0 aliphatic rings. The lowest BCUT2D eigenvalue weighted by atomic mass is 9.97. The molecule has 1 N–H and O–H groups in total. The van der Waals surface area contributed by atoms with Crippen LogP contribution in [0, 0.1) is 23.2 Å². The van der Waals surface area contributed by atoms with Crippen molar-refractivity contribution in [3.05, 3.63) is 0 Å². The largest absolute Gasteiger partial charge is 0.355 e. The first-order chi connectivity index (χ1) is 5.63. The van der Waals surface area contributed by atoms with Gasteiger partial charge in [-0.1, -0.05) is 20.8 Å². The van der Waals surface area contributed by atoms with Gasteiger partial charge in [-0.2, -0.15) is 5.26 Å². The van der Waals surface area contributed by atoms with Crippen molar-refractivity contribution in [3.63, 3.8) is 0 Å². The maximum absolute atomic E-state index is 11.2. The molecule has 0 aliphatic carbocycles. The van der Waals surface area contributed by atoms with Crippen LogP contribution < -0.4 is 5.32 Å². The normalized spacial score (nSPS) is 12.2. The van der Waals surface area contributed by atoms with Crippen LogP contribution in [0.15, 0.2) is 0 Å². The molecular weight excluding hydrogens is 152 g/mol. The number of nitrogens with zero attached hydrogens (tertiary/aromatic N) is 1. The van der Waals surface area contributed by atoms with Gasteiger partial charge in [-0.3, -0.25) is 4.79 Å².